The third-order valence-electron chi connectivity index (χ3n) is 7.66. The minimum atomic E-state index is -3.52. The van der Waals surface area contributed by atoms with Crippen LogP contribution in [0.15, 0.2) is 41.3 Å². The first-order valence-electron chi connectivity index (χ1n) is 13.4. The number of aryl methyl sites for hydroxylation is 2. The molecule has 2 fully saturated rings. The van der Waals surface area contributed by atoms with Gasteiger partial charge in [0, 0.05) is 57.9 Å². The Morgan fingerprint density at radius 3 is 2.42 bits per heavy atom. The number of thiazole rings is 1. The van der Waals surface area contributed by atoms with Crippen LogP contribution in [0.2, 0.25) is 0 Å². The van der Waals surface area contributed by atoms with Crippen LogP contribution in [-0.2, 0) is 10.0 Å². The van der Waals surface area contributed by atoms with E-state index in [0.717, 1.165) is 56.2 Å². The molecular weight excluding hydrogens is 518 g/mol. The van der Waals surface area contributed by atoms with E-state index in [0.29, 0.717) is 31.1 Å². The third-order valence-corrected chi connectivity index (χ3v) is 10.8. The molecule has 1 unspecified atom stereocenters. The number of aromatic nitrogens is 1. The number of nitrogens with one attached hydrogen (secondary N) is 1. The lowest BCUT2D eigenvalue weighted by molar-refractivity contribution is 0.0947. The Hall–Kier alpha value is -2.53. The van der Waals surface area contributed by atoms with Crippen LogP contribution in [0, 0.1) is 19.8 Å². The molecule has 0 aliphatic carbocycles. The second-order valence-electron chi connectivity index (χ2n) is 10.6. The average Bonchev–Trinajstić information content (AvgIpc) is 3.38. The molecule has 1 aromatic heterocycles. The van der Waals surface area contributed by atoms with Crippen molar-refractivity contribution in [3.63, 3.8) is 0 Å². The molecular formula is C28H37N5O3S2. The number of piperidine rings is 1. The van der Waals surface area contributed by atoms with Crippen molar-refractivity contribution in [2.24, 2.45) is 5.92 Å². The highest BCUT2D eigenvalue weighted by molar-refractivity contribution is 7.89. The molecule has 1 N–H and O–H groups in total. The van der Waals surface area contributed by atoms with Gasteiger partial charge in [0.15, 0.2) is 5.13 Å². The highest BCUT2D eigenvalue weighted by atomic mass is 32.2. The highest BCUT2D eigenvalue weighted by Gasteiger charge is 2.28. The van der Waals surface area contributed by atoms with Crippen LogP contribution in [0.1, 0.15) is 41.3 Å². The normalized spacial score (nSPS) is 19.7. The fourth-order valence-corrected chi connectivity index (χ4v) is 8.03. The standard InChI is InChI=1S/C28H37N5O3S2/c1-20-5-4-13-33(19-20)38(35,36)24-10-8-23(9-11-24)27(34)29-12-14-31-15-17-32(18-16-31)28-30-25-21(2)6-7-22(3)26(25)37-28/h6-11,20H,4-5,12-19H2,1-3H3,(H,29,34). The van der Waals surface area contributed by atoms with Crippen molar-refractivity contribution in [2.75, 3.05) is 57.3 Å². The van der Waals surface area contributed by atoms with E-state index in [9.17, 15) is 13.2 Å². The summed E-state index contributed by atoms with van der Waals surface area (Å²) in [6, 6.07) is 10.6. The molecule has 0 radical (unpaired) electrons. The van der Waals surface area contributed by atoms with Gasteiger partial charge in [-0.2, -0.15) is 4.31 Å². The summed E-state index contributed by atoms with van der Waals surface area (Å²) in [5.74, 6) is 0.187. The quantitative estimate of drug-likeness (QED) is 0.476. The van der Waals surface area contributed by atoms with E-state index in [-0.39, 0.29) is 10.8 Å². The van der Waals surface area contributed by atoms with Gasteiger partial charge in [-0.1, -0.05) is 30.4 Å². The number of amides is 1. The van der Waals surface area contributed by atoms with E-state index in [2.05, 4.69) is 48.0 Å². The Morgan fingerprint density at radius 1 is 1.03 bits per heavy atom. The number of carbonyl (C=O) groups is 1. The van der Waals surface area contributed by atoms with Gasteiger partial charge in [0.25, 0.3) is 5.91 Å². The first-order chi connectivity index (χ1) is 18.2. The van der Waals surface area contributed by atoms with Crippen LogP contribution >= 0.6 is 11.3 Å². The van der Waals surface area contributed by atoms with E-state index < -0.39 is 10.0 Å². The van der Waals surface area contributed by atoms with Crippen molar-refractivity contribution in [1.29, 1.82) is 0 Å². The minimum Gasteiger partial charge on any atom is -0.351 e. The molecule has 204 valence electrons. The van der Waals surface area contributed by atoms with Crippen molar-refractivity contribution < 1.29 is 13.2 Å². The van der Waals surface area contributed by atoms with Crippen molar-refractivity contribution in [1.82, 2.24) is 19.5 Å². The predicted octanol–water partition coefficient (Wildman–Crippen LogP) is 3.89. The van der Waals surface area contributed by atoms with Gasteiger partial charge >= 0.3 is 0 Å². The van der Waals surface area contributed by atoms with Gasteiger partial charge < -0.3 is 10.2 Å². The summed E-state index contributed by atoms with van der Waals surface area (Å²) in [7, 11) is -3.52. The number of sulfonamides is 1. The SMILES string of the molecule is Cc1ccc(C)c2sc(N3CCN(CCNC(=O)c4ccc(S(=O)(=O)N5CCCC(C)C5)cc4)CC3)nc12. The number of rotatable bonds is 7. The zero-order valence-corrected chi connectivity index (χ0v) is 24.1. The monoisotopic (exact) mass is 555 g/mol. The molecule has 1 amide bonds. The molecule has 8 nitrogen and oxygen atoms in total. The smallest absolute Gasteiger partial charge is 0.251 e. The lowest BCUT2D eigenvalue weighted by Gasteiger charge is -2.34. The third kappa shape index (κ3) is 5.73. The number of benzene rings is 2. The number of nitrogens with zero attached hydrogens (tertiary/aromatic N) is 4. The van der Waals surface area contributed by atoms with E-state index >= 15 is 0 Å². The van der Waals surface area contributed by atoms with Crippen LogP contribution in [-0.4, -0.2) is 80.9 Å². The first kappa shape index (κ1) is 27.1. The molecule has 3 aromatic rings. The van der Waals surface area contributed by atoms with Crippen LogP contribution in [0.4, 0.5) is 5.13 Å². The van der Waals surface area contributed by atoms with Crippen molar-refractivity contribution in [3.05, 3.63) is 53.1 Å². The first-order valence-corrected chi connectivity index (χ1v) is 15.7. The van der Waals surface area contributed by atoms with Gasteiger partial charge in [-0.05, 0) is 68.0 Å². The fraction of sp³-hybridized carbons (Fsp3) is 0.500. The summed E-state index contributed by atoms with van der Waals surface area (Å²) < 4.78 is 28.8. The summed E-state index contributed by atoms with van der Waals surface area (Å²) in [5.41, 5.74) is 4.08. The maximum absolute atomic E-state index is 13.0. The number of anilines is 1. The minimum absolute atomic E-state index is 0.181. The summed E-state index contributed by atoms with van der Waals surface area (Å²) in [6.45, 7) is 12.4. The Labute approximate surface area is 229 Å². The average molecular weight is 556 g/mol. The van der Waals surface area contributed by atoms with Gasteiger partial charge in [0.05, 0.1) is 15.1 Å². The molecule has 2 aromatic carbocycles. The Balaban J connectivity index is 1.09. The Kier molecular flexibility index (Phi) is 8.04. The number of carbonyl (C=O) groups excluding carboxylic acids is 1. The molecule has 2 saturated heterocycles. The van der Waals surface area contributed by atoms with E-state index in [1.807, 2.05) is 0 Å². The number of hydrogen-bond acceptors (Lipinski definition) is 7. The van der Waals surface area contributed by atoms with Gasteiger partial charge in [-0.15, -0.1) is 0 Å². The van der Waals surface area contributed by atoms with E-state index in [1.165, 1.54) is 15.8 Å². The Morgan fingerprint density at radius 2 is 1.74 bits per heavy atom. The van der Waals surface area contributed by atoms with Crippen LogP contribution < -0.4 is 10.2 Å². The highest BCUT2D eigenvalue weighted by Crippen LogP contribution is 2.33. The molecule has 2 aliphatic rings. The molecule has 0 bridgehead atoms. The molecule has 0 spiro atoms. The molecule has 3 heterocycles. The molecule has 2 aliphatic heterocycles. The summed E-state index contributed by atoms with van der Waals surface area (Å²) in [5, 5.41) is 4.07. The van der Waals surface area contributed by atoms with Crippen LogP contribution in [0.5, 0.6) is 0 Å². The maximum Gasteiger partial charge on any atom is 0.251 e. The Bertz CT molecular complexity index is 1360. The predicted molar refractivity (Wildman–Crippen MR) is 154 cm³/mol. The second kappa shape index (κ2) is 11.3. The number of fused-ring (bicyclic) bond motifs is 1. The van der Waals surface area contributed by atoms with Crippen molar-refractivity contribution >= 4 is 42.6 Å². The topological polar surface area (TPSA) is 85.8 Å². The summed E-state index contributed by atoms with van der Waals surface area (Å²) in [6.07, 6.45) is 1.95. The van der Waals surface area contributed by atoms with Crippen LogP contribution in [0.25, 0.3) is 10.2 Å². The van der Waals surface area contributed by atoms with Crippen LogP contribution in [0.3, 0.4) is 0 Å². The molecule has 10 heteroatoms. The van der Waals surface area contributed by atoms with Gasteiger partial charge in [0.2, 0.25) is 10.0 Å². The maximum atomic E-state index is 13.0. The van der Waals surface area contributed by atoms with Crippen molar-refractivity contribution in [2.45, 2.75) is 38.5 Å². The number of piperazine rings is 1. The molecule has 0 saturated carbocycles. The second-order valence-corrected chi connectivity index (χ2v) is 13.5. The van der Waals surface area contributed by atoms with Crippen molar-refractivity contribution in [3.8, 4) is 0 Å². The largest absolute Gasteiger partial charge is 0.351 e. The molecule has 1 atom stereocenters. The van der Waals surface area contributed by atoms with Gasteiger partial charge in [0.1, 0.15) is 0 Å². The molecule has 38 heavy (non-hydrogen) atoms. The fourth-order valence-electron chi connectivity index (χ4n) is 5.27. The zero-order chi connectivity index (χ0) is 26.9. The lowest BCUT2D eigenvalue weighted by atomic mass is 10.0. The summed E-state index contributed by atoms with van der Waals surface area (Å²) >= 11 is 1.77. The lowest BCUT2D eigenvalue weighted by Crippen LogP contribution is -2.48. The van der Waals surface area contributed by atoms with E-state index in [1.54, 1.807) is 39.9 Å². The number of hydrogen-bond donors (Lipinski definition) is 1. The zero-order valence-electron chi connectivity index (χ0n) is 22.4. The van der Waals surface area contributed by atoms with Gasteiger partial charge in [-0.25, -0.2) is 13.4 Å². The van der Waals surface area contributed by atoms with E-state index in [4.69, 9.17) is 4.98 Å². The molecule has 5 rings (SSSR count). The summed E-state index contributed by atoms with van der Waals surface area (Å²) in [4.78, 5) is 22.6. The van der Waals surface area contributed by atoms with Gasteiger partial charge in [-0.3, -0.25) is 9.69 Å².